The van der Waals surface area contributed by atoms with Crippen molar-refractivity contribution in [3.63, 3.8) is 0 Å². The molecule has 0 saturated heterocycles. The number of carbonyl (C=O) groups excluding carboxylic acids is 1. The predicted molar refractivity (Wildman–Crippen MR) is 96.2 cm³/mol. The molecular weight excluding hydrogens is 360 g/mol. The summed E-state index contributed by atoms with van der Waals surface area (Å²) in [5, 5.41) is 3.27. The van der Waals surface area contributed by atoms with Crippen molar-refractivity contribution in [2.24, 2.45) is 0 Å². The Morgan fingerprint density at radius 3 is 2.50 bits per heavy atom. The number of amides is 1. The summed E-state index contributed by atoms with van der Waals surface area (Å²) in [5.41, 5.74) is 1.19. The van der Waals surface area contributed by atoms with Crippen LogP contribution < -0.4 is 10.1 Å². The molecule has 3 rings (SSSR count). The van der Waals surface area contributed by atoms with E-state index in [-0.39, 0.29) is 17.3 Å². The van der Waals surface area contributed by atoms with Crippen molar-refractivity contribution in [2.45, 2.75) is 5.16 Å². The molecule has 0 aliphatic carbocycles. The number of halogens is 2. The Morgan fingerprint density at radius 1 is 1.15 bits per heavy atom. The Hall–Kier alpha value is -2.87. The van der Waals surface area contributed by atoms with Crippen LogP contribution in [0, 0.1) is 11.6 Å². The minimum atomic E-state index is -0.471. The van der Waals surface area contributed by atoms with Crippen LogP contribution >= 0.6 is 11.8 Å². The van der Waals surface area contributed by atoms with Crippen molar-refractivity contribution in [3.8, 4) is 11.4 Å². The number of aromatic nitrogens is 2. The highest BCUT2D eigenvalue weighted by Crippen LogP contribution is 2.27. The third-order valence-electron chi connectivity index (χ3n) is 3.64. The number of thioether (sulfide) groups is 1. The van der Waals surface area contributed by atoms with Gasteiger partial charge >= 0.3 is 0 Å². The van der Waals surface area contributed by atoms with Crippen LogP contribution in [0.2, 0.25) is 0 Å². The number of hydrogen-bond acceptors (Lipinski definition) is 4. The van der Waals surface area contributed by atoms with Crippen LogP contribution in [-0.4, -0.2) is 28.8 Å². The van der Waals surface area contributed by atoms with Crippen molar-refractivity contribution in [1.82, 2.24) is 9.55 Å². The van der Waals surface area contributed by atoms with E-state index in [1.165, 1.54) is 55.4 Å². The molecule has 0 aliphatic heterocycles. The average Bonchev–Trinajstić information content (AvgIpc) is 3.08. The highest BCUT2D eigenvalue weighted by Gasteiger charge is 2.19. The second-order valence-electron chi connectivity index (χ2n) is 5.24. The molecule has 1 N–H and O–H groups in total. The maximum atomic E-state index is 13.3. The smallest absolute Gasteiger partial charge is 0.274 e. The molecule has 3 aromatic rings. The van der Waals surface area contributed by atoms with E-state index in [0.29, 0.717) is 16.5 Å². The van der Waals surface area contributed by atoms with Gasteiger partial charge in [-0.3, -0.25) is 9.36 Å². The zero-order chi connectivity index (χ0) is 18.7. The first-order chi connectivity index (χ1) is 12.5. The van der Waals surface area contributed by atoms with Crippen LogP contribution in [0.5, 0.6) is 5.75 Å². The number of anilines is 1. The number of rotatable bonds is 5. The Kier molecular flexibility index (Phi) is 5.22. The maximum absolute atomic E-state index is 13.3. The van der Waals surface area contributed by atoms with Crippen molar-refractivity contribution in [3.05, 3.63) is 66.0 Å². The van der Waals surface area contributed by atoms with E-state index in [2.05, 4.69) is 10.3 Å². The van der Waals surface area contributed by atoms with Gasteiger partial charge in [-0.15, -0.1) is 0 Å². The van der Waals surface area contributed by atoms with E-state index in [1.54, 1.807) is 16.7 Å². The summed E-state index contributed by atoms with van der Waals surface area (Å²) >= 11 is 1.35. The highest BCUT2D eigenvalue weighted by atomic mass is 32.2. The molecule has 26 heavy (non-hydrogen) atoms. The van der Waals surface area contributed by atoms with Crippen molar-refractivity contribution in [2.75, 3.05) is 18.7 Å². The number of nitrogens with one attached hydrogen (secondary N) is 1. The summed E-state index contributed by atoms with van der Waals surface area (Å²) in [4.78, 5) is 17.0. The lowest BCUT2D eigenvalue weighted by atomic mass is 10.2. The lowest BCUT2D eigenvalue weighted by Gasteiger charge is -2.13. The molecular formula is C18H15F2N3O2S. The number of nitrogens with zero attached hydrogens (tertiary/aromatic N) is 2. The molecule has 8 heteroatoms. The molecule has 1 amide bonds. The molecule has 0 bridgehead atoms. The molecule has 0 radical (unpaired) electrons. The molecule has 0 unspecified atom stereocenters. The third kappa shape index (κ3) is 3.55. The molecule has 1 aromatic heterocycles. The van der Waals surface area contributed by atoms with Gasteiger partial charge in [0, 0.05) is 11.8 Å². The quantitative estimate of drug-likeness (QED) is 0.681. The van der Waals surface area contributed by atoms with Gasteiger partial charge in [-0.05, 0) is 42.7 Å². The minimum Gasteiger partial charge on any atom is -0.494 e. The molecule has 0 aliphatic rings. The van der Waals surface area contributed by atoms with E-state index in [4.69, 9.17) is 4.74 Å². The van der Waals surface area contributed by atoms with Crippen LogP contribution in [0.25, 0.3) is 5.69 Å². The summed E-state index contributed by atoms with van der Waals surface area (Å²) in [6.45, 7) is 0. The molecule has 134 valence electrons. The second-order valence-corrected chi connectivity index (χ2v) is 6.01. The number of methoxy groups -OCH3 is 1. The van der Waals surface area contributed by atoms with E-state index >= 15 is 0 Å². The monoisotopic (exact) mass is 375 g/mol. The van der Waals surface area contributed by atoms with Gasteiger partial charge in [0.2, 0.25) is 0 Å². The topological polar surface area (TPSA) is 56.1 Å². The highest BCUT2D eigenvalue weighted by molar-refractivity contribution is 7.98. The van der Waals surface area contributed by atoms with Crippen molar-refractivity contribution >= 4 is 23.4 Å². The fraction of sp³-hybridized carbons (Fsp3) is 0.111. The first kappa shape index (κ1) is 17.9. The largest absolute Gasteiger partial charge is 0.494 e. The van der Waals surface area contributed by atoms with Gasteiger partial charge in [0.15, 0.2) is 5.16 Å². The lowest BCUT2D eigenvalue weighted by molar-refractivity contribution is 0.101. The average molecular weight is 375 g/mol. The summed E-state index contributed by atoms with van der Waals surface area (Å²) in [6, 6.07) is 9.56. The molecule has 0 saturated carbocycles. The molecule has 1 heterocycles. The number of benzene rings is 2. The fourth-order valence-corrected chi connectivity index (χ4v) is 2.98. The molecule has 0 fully saturated rings. The van der Waals surface area contributed by atoms with Gasteiger partial charge < -0.3 is 10.1 Å². The van der Waals surface area contributed by atoms with Crippen LogP contribution in [0.4, 0.5) is 14.5 Å². The van der Waals surface area contributed by atoms with E-state index in [9.17, 15) is 13.6 Å². The Balaban J connectivity index is 1.98. The summed E-state index contributed by atoms with van der Waals surface area (Å²) in [6.07, 6.45) is 3.26. The Labute approximate surface area is 153 Å². The SMILES string of the molecule is COc1cc(F)ccc1NC(=O)c1cnc(SC)n1-c1ccc(F)cc1. The van der Waals surface area contributed by atoms with Crippen molar-refractivity contribution < 1.29 is 18.3 Å². The summed E-state index contributed by atoms with van der Waals surface area (Å²) in [7, 11) is 1.39. The first-order valence-corrected chi connectivity index (χ1v) is 8.78. The van der Waals surface area contributed by atoms with Gasteiger partial charge in [-0.1, -0.05) is 11.8 Å². The number of carbonyl (C=O) groups is 1. The van der Waals surface area contributed by atoms with Crippen molar-refractivity contribution in [1.29, 1.82) is 0 Å². The standard InChI is InChI=1S/C18H15F2N3O2S/c1-25-16-9-12(20)5-8-14(16)22-17(24)15-10-21-18(26-2)23(15)13-6-3-11(19)4-7-13/h3-10H,1-2H3,(H,22,24). The first-order valence-electron chi connectivity index (χ1n) is 7.56. The molecule has 5 nitrogen and oxygen atoms in total. The number of ether oxygens (including phenoxy) is 1. The normalized spacial score (nSPS) is 10.6. The van der Waals surface area contributed by atoms with Gasteiger partial charge in [0.1, 0.15) is 23.1 Å². The molecule has 0 atom stereocenters. The van der Waals surface area contributed by atoms with Crippen LogP contribution in [-0.2, 0) is 0 Å². The molecule has 2 aromatic carbocycles. The van der Waals surface area contributed by atoms with E-state index < -0.39 is 11.7 Å². The van der Waals surface area contributed by atoms with E-state index in [0.717, 1.165) is 0 Å². The zero-order valence-electron chi connectivity index (χ0n) is 14.0. The summed E-state index contributed by atoms with van der Waals surface area (Å²) < 4.78 is 33.3. The van der Waals surface area contributed by atoms with Gasteiger partial charge in [0.25, 0.3) is 5.91 Å². The van der Waals surface area contributed by atoms with Gasteiger partial charge in [0.05, 0.1) is 19.0 Å². The number of imidazole rings is 1. The third-order valence-corrected chi connectivity index (χ3v) is 4.29. The fourth-order valence-electron chi connectivity index (χ4n) is 2.43. The maximum Gasteiger partial charge on any atom is 0.274 e. The second kappa shape index (κ2) is 7.57. The zero-order valence-corrected chi connectivity index (χ0v) is 14.8. The summed E-state index contributed by atoms with van der Waals surface area (Å²) in [5.74, 6) is -1.09. The Bertz CT molecular complexity index is 942. The van der Waals surface area contributed by atoms with Gasteiger partial charge in [-0.2, -0.15) is 0 Å². The van der Waals surface area contributed by atoms with Crippen LogP contribution in [0.1, 0.15) is 10.5 Å². The minimum absolute atomic E-state index is 0.205. The van der Waals surface area contributed by atoms with E-state index in [1.807, 2.05) is 6.26 Å². The predicted octanol–water partition coefficient (Wildman–Crippen LogP) is 4.13. The lowest BCUT2D eigenvalue weighted by Crippen LogP contribution is -2.17. The van der Waals surface area contributed by atoms with Gasteiger partial charge in [-0.25, -0.2) is 13.8 Å². The number of hydrogen-bond donors (Lipinski definition) is 1. The molecule has 0 spiro atoms. The van der Waals surface area contributed by atoms with Crippen LogP contribution in [0.3, 0.4) is 0 Å². The van der Waals surface area contributed by atoms with Crippen LogP contribution in [0.15, 0.2) is 53.8 Å². The Morgan fingerprint density at radius 2 is 1.85 bits per heavy atom.